The molecule has 5 heteroatoms. The van der Waals surface area contributed by atoms with Gasteiger partial charge in [0.25, 0.3) is 0 Å². The lowest BCUT2D eigenvalue weighted by atomic mass is 9.95. The molecule has 0 aromatic heterocycles. The van der Waals surface area contributed by atoms with Crippen LogP contribution in [0.1, 0.15) is 168 Å². The van der Waals surface area contributed by atoms with E-state index < -0.39 is 5.97 Å². The molecule has 0 amide bonds. The van der Waals surface area contributed by atoms with Gasteiger partial charge in [0.2, 0.25) is 0 Å². The number of carbonyl (C=O) groups excluding carboxylic acids is 2. The minimum absolute atomic E-state index is 0.0593. The number of rotatable bonds is 28. The predicted molar refractivity (Wildman–Crippen MR) is 149 cm³/mol. The lowest BCUT2D eigenvalue weighted by molar-refractivity contribution is -0.145. The maximum Gasteiger partial charge on any atom is 0.305 e. The summed E-state index contributed by atoms with van der Waals surface area (Å²) in [6.45, 7) is 5.08. The molecule has 0 radical (unpaired) electrons. The molecular weight excluding hydrogens is 452 g/mol. The van der Waals surface area contributed by atoms with Gasteiger partial charge in [-0.25, -0.2) is 0 Å². The fourth-order valence-electron chi connectivity index (χ4n) is 4.69. The Kier molecular flexibility index (Phi) is 25.6. The molecule has 0 aliphatic heterocycles. The predicted octanol–water partition coefficient (Wildman–Crippen LogP) is 9.20. The number of unbranched alkanes of at least 4 members (excludes halogenated alkanes) is 14. The Morgan fingerprint density at radius 1 is 0.556 bits per heavy atom. The number of ether oxygens (including phenoxy) is 1. The Labute approximate surface area is 222 Å². The molecule has 0 bridgehead atoms. The molecule has 0 aromatic carbocycles. The van der Waals surface area contributed by atoms with E-state index in [4.69, 9.17) is 9.84 Å². The van der Waals surface area contributed by atoms with E-state index in [1.54, 1.807) is 0 Å². The smallest absolute Gasteiger partial charge is 0.305 e. The molecule has 0 unspecified atom stereocenters. The van der Waals surface area contributed by atoms with E-state index >= 15 is 0 Å². The highest BCUT2D eigenvalue weighted by atomic mass is 16.5. The van der Waals surface area contributed by atoms with Gasteiger partial charge in [0, 0.05) is 25.7 Å². The molecule has 0 aliphatic rings. The highest BCUT2D eigenvalue weighted by Crippen LogP contribution is 2.20. The van der Waals surface area contributed by atoms with E-state index in [1.165, 1.54) is 77.0 Å². The molecule has 0 rings (SSSR count). The van der Waals surface area contributed by atoms with Crippen LogP contribution in [0.5, 0.6) is 0 Å². The van der Waals surface area contributed by atoms with Crippen LogP contribution in [0.4, 0.5) is 0 Å². The molecule has 0 saturated heterocycles. The monoisotopic (exact) mass is 510 g/mol. The number of carboxylic acid groups (broad SMARTS) is 1. The quantitative estimate of drug-likeness (QED) is 0.0838. The van der Waals surface area contributed by atoms with Crippen molar-refractivity contribution in [1.82, 2.24) is 0 Å². The van der Waals surface area contributed by atoms with Gasteiger partial charge in [-0.1, -0.05) is 104 Å². The fourth-order valence-corrected chi connectivity index (χ4v) is 4.69. The van der Waals surface area contributed by atoms with Crippen LogP contribution in [0.15, 0.2) is 0 Å². The van der Waals surface area contributed by atoms with Gasteiger partial charge in [0.1, 0.15) is 5.78 Å². The average Bonchev–Trinajstić information content (AvgIpc) is 2.85. The number of hydrogen-bond donors (Lipinski definition) is 1. The minimum Gasteiger partial charge on any atom is -0.481 e. The number of Topliss-reactive ketones (excluding diaryl/α,β-unsaturated/α-hetero) is 1. The zero-order chi connectivity index (χ0) is 26.7. The van der Waals surface area contributed by atoms with Crippen molar-refractivity contribution in [3.05, 3.63) is 0 Å². The molecule has 5 nitrogen and oxygen atoms in total. The van der Waals surface area contributed by atoms with Gasteiger partial charge in [0.15, 0.2) is 0 Å². The molecule has 0 heterocycles. The lowest BCUT2D eigenvalue weighted by Gasteiger charge is -2.17. The largest absolute Gasteiger partial charge is 0.481 e. The number of carboxylic acids is 1. The summed E-state index contributed by atoms with van der Waals surface area (Å²) in [5.41, 5.74) is 0. The van der Waals surface area contributed by atoms with Crippen molar-refractivity contribution in [2.24, 2.45) is 5.92 Å². The first-order valence-electron chi connectivity index (χ1n) is 15.4. The lowest BCUT2D eigenvalue weighted by Crippen LogP contribution is -2.14. The van der Waals surface area contributed by atoms with Crippen LogP contribution in [0.25, 0.3) is 0 Å². The van der Waals surface area contributed by atoms with Gasteiger partial charge in [-0.05, 0) is 44.4 Å². The first-order valence-corrected chi connectivity index (χ1v) is 15.4. The Balaban J connectivity index is 3.84. The van der Waals surface area contributed by atoms with E-state index in [-0.39, 0.29) is 12.4 Å². The van der Waals surface area contributed by atoms with Gasteiger partial charge in [0.05, 0.1) is 6.61 Å². The van der Waals surface area contributed by atoms with Crippen molar-refractivity contribution in [2.45, 2.75) is 168 Å². The summed E-state index contributed by atoms with van der Waals surface area (Å²) in [5, 5.41) is 8.62. The van der Waals surface area contributed by atoms with Crippen LogP contribution < -0.4 is 0 Å². The summed E-state index contributed by atoms with van der Waals surface area (Å²) in [6, 6.07) is 0. The van der Waals surface area contributed by atoms with Crippen LogP contribution in [0, 0.1) is 5.92 Å². The summed E-state index contributed by atoms with van der Waals surface area (Å²) in [5.74, 6) is 0.0178. The summed E-state index contributed by atoms with van der Waals surface area (Å²) in [4.78, 5) is 34.7. The zero-order valence-electron chi connectivity index (χ0n) is 23.8. The van der Waals surface area contributed by atoms with Gasteiger partial charge in [-0.3, -0.25) is 14.4 Å². The van der Waals surface area contributed by atoms with E-state index in [9.17, 15) is 14.4 Å². The molecule has 0 saturated carbocycles. The van der Waals surface area contributed by atoms with E-state index in [2.05, 4.69) is 13.8 Å². The van der Waals surface area contributed by atoms with Crippen LogP contribution >= 0.6 is 0 Å². The second-order valence-corrected chi connectivity index (χ2v) is 10.7. The topological polar surface area (TPSA) is 80.7 Å². The standard InChI is InChI=1S/C31H58O5/c1-3-5-7-9-15-21-28(22-16-10-8-6-4-2)27-36-31(35)26-20-14-12-18-24-29(32)23-17-11-13-19-25-30(33)34/h28H,3-27H2,1-2H3,(H,33,34). The average molecular weight is 511 g/mol. The minimum atomic E-state index is -0.745. The van der Waals surface area contributed by atoms with Crippen LogP contribution in [-0.2, 0) is 19.1 Å². The number of esters is 1. The Morgan fingerprint density at radius 2 is 0.972 bits per heavy atom. The third-order valence-corrected chi connectivity index (χ3v) is 7.09. The van der Waals surface area contributed by atoms with Crippen LogP contribution in [0.2, 0.25) is 0 Å². The van der Waals surface area contributed by atoms with Crippen molar-refractivity contribution < 1.29 is 24.2 Å². The normalized spacial score (nSPS) is 11.2. The number of carbonyl (C=O) groups is 3. The Morgan fingerprint density at radius 3 is 1.44 bits per heavy atom. The fraction of sp³-hybridized carbons (Fsp3) is 0.903. The van der Waals surface area contributed by atoms with Crippen molar-refractivity contribution in [1.29, 1.82) is 0 Å². The summed E-state index contributed by atoms with van der Waals surface area (Å²) in [6.07, 6.45) is 24.3. The third-order valence-electron chi connectivity index (χ3n) is 7.09. The number of ketones is 1. The summed E-state index contributed by atoms with van der Waals surface area (Å²) < 4.78 is 5.67. The molecule has 0 aliphatic carbocycles. The number of hydrogen-bond acceptors (Lipinski definition) is 4. The third kappa shape index (κ3) is 25.7. The maximum atomic E-state index is 12.2. The van der Waals surface area contributed by atoms with Gasteiger partial charge >= 0.3 is 11.9 Å². The van der Waals surface area contributed by atoms with E-state index in [0.717, 1.165) is 44.9 Å². The SMILES string of the molecule is CCCCCCCC(CCCCCCC)COC(=O)CCCCCCC(=O)CCCCCCC(=O)O. The second kappa shape index (κ2) is 26.7. The number of aliphatic carboxylic acids is 1. The molecule has 1 N–H and O–H groups in total. The van der Waals surface area contributed by atoms with Gasteiger partial charge in [-0.15, -0.1) is 0 Å². The van der Waals surface area contributed by atoms with Crippen LogP contribution in [-0.4, -0.2) is 29.4 Å². The molecular formula is C31H58O5. The zero-order valence-corrected chi connectivity index (χ0v) is 23.8. The first-order chi connectivity index (χ1) is 17.5. The molecule has 36 heavy (non-hydrogen) atoms. The highest BCUT2D eigenvalue weighted by molar-refractivity contribution is 5.78. The molecule has 0 fully saturated rings. The maximum absolute atomic E-state index is 12.2. The highest BCUT2D eigenvalue weighted by Gasteiger charge is 2.12. The first kappa shape index (κ1) is 34.6. The van der Waals surface area contributed by atoms with Crippen molar-refractivity contribution in [2.75, 3.05) is 6.61 Å². The van der Waals surface area contributed by atoms with E-state index in [1.807, 2.05) is 0 Å². The van der Waals surface area contributed by atoms with Crippen molar-refractivity contribution in [3.8, 4) is 0 Å². The summed E-state index contributed by atoms with van der Waals surface area (Å²) in [7, 11) is 0. The molecule has 0 spiro atoms. The van der Waals surface area contributed by atoms with Crippen molar-refractivity contribution >= 4 is 17.7 Å². The van der Waals surface area contributed by atoms with Crippen LogP contribution in [0.3, 0.4) is 0 Å². The molecule has 0 aromatic rings. The van der Waals surface area contributed by atoms with Gasteiger partial charge < -0.3 is 9.84 Å². The van der Waals surface area contributed by atoms with Crippen molar-refractivity contribution in [3.63, 3.8) is 0 Å². The molecule has 212 valence electrons. The van der Waals surface area contributed by atoms with Gasteiger partial charge in [-0.2, -0.15) is 0 Å². The molecule has 0 atom stereocenters. The Hall–Kier alpha value is -1.39. The Bertz CT molecular complexity index is 517. The van der Waals surface area contributed by atoms with E-state index in [0.29, 0.717) is 44.0 Å². The second-order valence-electron chi connectivity index (χ2n) is 10.7. The summed E-state index contributed by atoms with van der Waals surface area (Å²) >= 11 is 0.